The van der Waals surface area contributed by atoms with Crippen LogP contribution >= 0.6 is 0 Å². The van der Waals surface area contributed by atoms with Gasteiger partial charge in [0.2, 0.25) is 5.91 Å². The van der Waals surface area contributed by atoms with Crippen molar-refractivity contribution in [3.63, 3.8) is 0 Å². The lowest BCUT2D eigenvalue weighted by Crippen LogP contribution is -2.44. The van der Waals surface area contributed by atoms with E-state index in [2.05, 4.69) is 4.98 Å². The predicted octanol–water partition coefficient (Wildman–Crippen LogP) is 1.68. The first-order valence-corrected chi connectivity index (χ1v) is 7.28. The van der Waals surface area contributed by atoms with Crippen LogP contribution in [0.25, 0.3) is 10.9 Å². The number of H-pyrrole nitrogens is 1. The molecule has 2 aromatic rings. The summed E-state index contributed by atoms with van der Waals surface area (Å²) in [5.41, 5.74) is 2.05. The van der Waals surface area contributed by atoms with E-state index in [4.69, 9.17) is 4.84 Å². The Labute approximate surface area is 128 Å². The Morgan fingerprint density at radius 2 is 2.23 bits per heavy atom. The van der Waals surface area contributed by atoms with E-state index in [0.29, 0.717) is 19.4 Å². The number of hydroxylamine groups is 2. The van der Waals surface area contributed by atoms with Gasteiger partial charge in [-0.3, -0.25) is 14.4 Å². The van der Waals surface area contributed by atoms with E-state index in [9.17, 15) is 9.59 Å². The number of rotatable bonds is 4. The molecule has 1 aliphatic heterocycles. The maximum absolute atomic E-state index is 12.3. The summed E-state index contributed by atoms with van der Waals surface area (Å²) in [4.78, 5) is 34.3. The molecule has 0 spiro atoms. The number of nitrogens with zero attached hydrogens (tertiary/aromatic N) is 2. The summed E-state index contributed by atoms with van der Waals surface area (Å²) in [5.74, 6) is -0.179. The van der Waals surface area contributed by atoms with Crippen LogP contribution in [0.1, 0.15) is 18.4 Å². The average molecular weight is 301 g/mol. The molecule has 1 saturated heterocycles. The van der Waals surface area contributed by atoms with Crippen molar-refractivity contribution in [2.45, 2.75) is 25.4 Å². The van der Waals surface area contributed by atoms with Crippen LogP contribution in [-0.4, -0.2) is 47.0 Å². The third kappa shape index (κ3) is 2.46. The second kappa shape index (κ2) is 5.81. The highest BCUT2D eigenvalue weighted by molar-refractivity contribution is 5.91. The molecule has 2 amide bonds. The molecule has 0 radical (unpaired) electrons. The van der Waals surface area contributed by atoms with E-state index in [-0.39, 0.29) is 11.8 Å². The van der Waals surface area contributed by atoms with Gasteiger partial charge in [0.1, 0.15) is 6.04 Å². The van der Waals surface area contributed by atoms with Gasteiger partial charge in [-0.25, -0.2) is 5.06 Å². The van der Waals surface area contributed by atoms with Crippen LogP contribution in [0, 0.1) is 0 Å². The molecule has 1 N–H and O–H groups in total. The molecule has 0 aliphatic carbocycles. The van der Waals surface area contributed by atoms with Crippen molar-refractivity contribution in [1.29, 1.82) is 0 Å². The first kappa shape index (κ1) is 14.6. The maximum atomic E-state index is 12.3. The smallest absolute Gasteiger partial charge is 0.268 e. The van der Waals surface area contributed by atoms with Gasteiger partial charge in [-0.2, -0.15) is 0 Å². The molecule has 1 aromatic carbocycles. The highest BCUT2D eigenvalue weighted by Gasteiger charge is 2.37. The van der Waals surface area contributed by atoms with E-state index >= 15 is 0 Å². The zero-order chi connectivity index (χ0) is 15.7. The molecule has 1 aliphatic rings. The Morgan fingerprint density at radius 3 is 3.00 bits per heavy atom. The van der Waals surface area contributed by atoms with Crippen molar-refractivity contribution in [2.24, 2.45) is 0 Å². The number of para-hydroxylation sites is 1. The number of hydrogen-bond donors (Lipinski definition) is 1. The lowest BCUT2D eigenvalue weighted by Gasteiger charge is -2.26. The lowest BCUT2D eigenvalue weighted by molar-refractivity contribution is -0.174. The molecule has 1 unspecified atom stereocenters. The number of aromatic nitrogens is 1. The topological polar surface area (TPSA) is 65.6 Å². The van der Waals surface area contributed by atoms with Crippen LogP contribution in [0.2, 0.25) is 0 Å². The van der Waals surface area contributed by atoms with Gasteiger partial charge in [0.15, 0.2) is 0 Å². The number of likely N-dealkylation sites (N-methyl/N-ethyl adjacent to an activating group) is 1. The Morgan fingerprint density at radius 1 is 1.45 bits per heavy atom. The van der Waals surface area contributed by atoms with E-state index < -0.39 is 6.04 Å². The van der Waals surface area contributed by atoms with Gasteiger partial charge in [-0.05, 0) is 18.1 Å². The Hall–Kier alpha value is -2.34. The van der Waals surface area contributed by atoms with Crippen molar-refractivity contribution < 1.29 is 14.4 Å². The SMILES string of the molecule is CON(C)C(=O)C1CCC(=O)N1Cc1c[nH]c2ccccc12. The fraction of sp³-hybridized carbons (Fsp3) is 0.375. The molecule has 3 rings (SSSR count). The minimum absolute atomic E-state index is 0.00753. The molecule has 0 saturated carbocycles. The minimum Gasteiger partial charge on any atom is -0.361 e. The molecule has 6 heteroatoms. The highest BCUT2D eigenvalue weighted by Crippen LogP contribution is 2.26. The molecule has 6 nitrogen and oxygen atoms in total. The molecule has 116 valence electrons. The number of likely N-dealkylation sites (tertiary alicyclic amines) is 1. The van der Waals surface area contributed by atoms with Crippen molar-refractivity contribution >= 4 is 22.7 Å². The van der Waals surface area contributed by atoms with Gasteiger partial charge >= 0.3 is 0 Å². The van der Waals surface area contributed by atoms with E-state index in [1.54, 1.807) is 11.9 Å². The van der Waals surface area contributed by atoms with Crippen LogP contribution in [0.4, 0.5) is 0 Å². The van der Waals surface area contributed by atoms with Gasteiger partial charge in [0, 0.05) is 37.1 Å². The van der Waals surface area contributed by atoms with Gasteiger partial charge in [0.05, 0.1) is 7.11 Å². The number of fused-ring (bicyclic) bond motifs is 1. The average Bonchev–Trinajstić information content (AvgIpc) is 3.11. The van der Waals surface area contributed by atoms with Crippen molar-refractivity contribution in [3.05, 3.63) is 36.0 Å². The number of carbonyl (C=O) groups is 2. The Kier molecular flexibility index (Phi) is 3.85. The zero-order valence-corrected chi connectivity index (χ0v) is 12.7. The molecule has 0 bridgehead atoms. The van der Waals surface area contributed by atoms with Gasteiger partial charge in [0.25, 0.3) is 5.91 Å². The third-order valence-corrected chi connectivity index (χ3v) is 4.21. The van der Waals surface area contributed by atoms with Gasteiger partial charge in [-0.1, -0.05) is 18.2 Å². The van der Waals surface area contributed by atoms with Crippen LogP contribution in [0.5, 0.6) is 0 Å². The molecule has 1 fully saturated rings. The third-order valence-electron chi connectivity index (χ3n) is 4.21. The number of benzene rings is 1. The molecule has 2 heterocycles. The van der Waals surface area contributed by atoms with Crippen molar-refractivity contribution in [3.8, 4) is 0 Å². The van der Waals surface area contributed by atoms with Crippen molar-refractivity contribution in [2.75, 3.05) is 14.2 Å². The van der Waals surface area contributed by atoms with E-state index in [1.165, 1.54) is 12.2 Å². The zero-order valence-electron chi connectivity index (χ0n) is 12.7. The number of aromatic amines is 1. The predicted molar refractivity (Wildman–Crippen MR) is 81.6 cm³/mol. The molecule has 1 aromatic heterocycles. The summed E-state index contributed by atoms with van der Waals surface area (Å²) >= 11 is 0. The van der Waals surface area contributed by atoms with Crippen LogP contribution in [-0.2, 0) is 21.0 Å². The summed E-state index contributed by atoms with van der Waals surface area (Å²) in [6, 6.07) is 7.48. The molecular formula is C16H19N3O3. The van der Waals surface area contributed by atoms with Crippen LogP contribution in [0.3, 0.4) is 0 Å². The minimum atomic E-state index is -0.453. The summed E-state index contributed by atoms with van der Waals surface area (Å²) in [5, 5.41) is 2.26. The largest absolute Gasteiger partial charge is 0.361 e. The molecule has 22 heavy (non-hydrogen) atoms. The fourth-order valence-electron chi connectivity index (χ4n) is 2.93. The summed E-state index contributed by atoms with van der Waals surface area (Å²) in [6.45, 7) is 0.427. The number of nitrogens with one attached hydrogen (secondary N) is 1. The fourth-order valence-corrected chi connectivity index (χ4v) is 2.93. The van der Waals surface area contributed by atoms with Gasteiger partial charge < -0.3 is 9.88 Å². The highest BCUT2D eigenvalue weighted by atomic mass is 16.7. The first-order chi connectivity index (χ1) is 10.6. The Balaban J connectivity index is 1.85. The summed E-state index contributed by atoms with van der Waals surface area (Å²) in [7, 11) is 3.01. The maximum Gasteiger partial charge on any atom is 0.268 e. The second-order valence-corrected chi connectivity index (χ2v) is 5.45. The number of hydrogen-bond acceptors (Lipinski definition) is 3. The summed E-state index contributed by atoms with van der Waals surface area (Å²) < 4.78 is 0. The van der Waals surface area contributed by atoms with E-state index in [0.717, 1.165) is 16.5 Å². The number of amides is 2. The standard InChI is InChI=1S/C16H19N3O3/c1-18(22-2)16(21)14-7-8-15(20)19(14)10-11-9-17-13-6-4-3-5-12(11)13/h3-6,9,14,17H,7-8,10H2,1-2H3. The van der Waals surface area contributed by atoms with Crippen LogP contribution < -0.4 is 0 Å². The van der Waals surface area contributed by atoms with E-state index in [1.807, 2.05) is 30.5 Å². The summed E-state index contributed by atoms with van der Waals surface area (Å²) in [6.07, 6.45) is 2.84. The van der Waals surface area contributed by atoms with Gasteiger partial charge in [-0.15, -0.1) is 0 Å². The van der Waals surface area contributed by atoms with Crippen molar-refractivity contribution in [1.82, 2.24) is 14.9 Å². The lowest BCUT2D eigenvalue weighted by atomic mass is 10.1. The molecular weight excluding hydrogens is 282 g/mol. The first-order valence-electron chi connectivity index (χ1n) is 7.28. The number of carbonyl (C=O) groups excluding carboxylic acids is 2. The quantitative estimate of drug-likeness (QED) is 0.874. The monoisotopic (exact) mass is 301 g/mol. The van der Waals surface area contributed by atoms with Crippen LogP contribution in [0.15, 0.2) is 30.5 Å². The Bertz CT molecular complexity index is 709. The second-order valence-electron chi connectivity index (χ2n) is 5.45. The normalized spacial score (nSPS) is 18.2. The molecule has 1 atom stereocenters.